The van der Waals surface area contributed by atoms with E-state index in [0.717, 1.165) is 6.42 Å². The lowest BCUT2D eigenvalue weighted by Gasteiger charge is -2.27. The van der Waals surface area contributed by atoms with Crippen LogP contribution in [-0.4, -0.2) is 31.2 Å². The Balaban J connectivity index is 2.68. The summed E-state index contributed by atoms with van der Waals surface area (Å²) in [6.07, 6.45) is 0.753. The third-order valence-corrected chi connectivity index (χ3v) is 5.00. The zero-order valence-electron chi connectivity index (χ0n) is 14.6. The number of Topliss-reactive ketones (excluding diaryl/α,β-unsaturated/α-hetero) is 1. The highest BCUT2D eigenvalue weighted by molar-refractivity contribution is 7.98. The van der Waals surface area contributed by atoms with Crippen LogP contribution in [0.25, 0.3) is 0 Å². The fourth-order valence-electron chi connectivity index (χ4n) is 2.12. The Hall–Kier alpha value is -1.18. The molecule has 1 aromatic rings. The van der Waals surface area contributed by atoms with Gasteiger partial charge in [-0.05, 0) is 19.5 Å². The molecule has 1 aromatic carbocycles. The van der Waals surface area contributed by atoms with Crippen LogP contribution in [0.2, 0.25) is 0 Å². The van der Waals surface area contributed by atoms with Gasteiger partial charge >= 0.3 is 6.61 Å². The van der Waals surface area contributed by atoms with Gasteiger partial charge in [-0.25, -0.2) is 5.43 Å². The maximum Gasteiger partial charge on any atom is 0.387 e. The Morgan fingerprint density at radius 2 is 2.00 bits per heavy atom. The monoisotopic (exact) mass is 360 g/mol. The number of ketones is 1. The molecule has 0 heterocycles. The van der Waals surface area contributed by atoms with Gasteiger partial charge in [0, 0.05) is 22.5 Å². The van der Waals surface area contributed by atoms with Crippen LogP contribution in [0.3, 0.4) is 0 Å². The molecule has 0 radical (unpaired) electrons. The quantitative estimate of drug-likeness (QED) is 0.590. The second kappa shape index (κ2) is 9.96. The van der Waals surface area contributed by atoms with Crippen LogP contribution in [0.1, 0.15) is 32.8 Å². The Labute approximate surface area is 146 Å². The number of para-hydroxylation sites is 1. The zero-order valence-corrected chi connectivity index (χ0v) is 15.4. The number of carbonyl (C=O) groups excluding carboxylic acids is 1. The average molecular weight is 360 g/mol. The Morgan fingerprint density at radius 1 is 1.33 bits per heavy atom. The summed E-state index contributed by atoms with van der Waals surface area (Å²) < 4.78 is 29.4. The van der Waals surface area contributed by atoms with Crippen LogP contribution >= 0.6 is 11.8 Å². The summed E-state index contributed by atoms with van der Waals surface area (Å²) in [7, 11) is 1.72. The van der Waals surface area contributed by atoms with Crippen molar-refractivity contribution in [2.45, 2.75) is 45.6 Å². The first kappa shape index (κ1) is 20.9. The number of carbonyl (C=O) groups is 1. The zero-order chi connectivity index (χ0) is 18.2. The van der Waals surface area contributed by atoms with Crippen LogP contribution in [-0.2, 0) is 10.5 Å². The third-order valence-electron chi connectivity index (χ3n) is 3.92. The summed E-state index contributed by atoms with van der Waals surface area (Å²) in [5, 5.41) is 0. The molecule has 7 heteroatoms. The number of hydrogen-bond acceptors (Lipinski definition) is 5. The summed E-state index contributed by atoms with van der Waals surface area (Å²) in [6, 6.07) is 6.37. The highest BCUT2D eigenvalue weighted by atomic mass is 32.2. The minimum absolute atomic E-state index is 0.129. The fourth-order valence-corrected chi connectivity index (χ4v) is 3.17. The van der Waals surface area contributed by atoms with Crippen molar-refractivity contribution in [2.24, 2.45) is 5.41 Å². The molecule has 2 N–H and O–H groups in total. The van der Waals surface area contributed by atoms with Crippen molar-refractivity contribution in [1.29, 1.82) is 0 Å². The highest BCUT2D eigenvalue weighted by Gasteiger charge is 2.31. The SMILES string of the molecule is CCC(C)(C)C(=O)C(CSCc1ccccc1OC(F)F)NNC. The van der Waals surface area contributed by atoms with Gasteiger partial charge in [-0.3, -0.25) is 10.2 Å². The molecule has 4 nitrogen and oxygen atoms in total. The molecule has 0 aliphatic rings. The molecular weight excluding hydrogens is 334 g/mol. The smallest absolute Gasteiger partial charge is 0.387 e. The molecule has 0 saturated carbocycles. The van der Waals surface area contributed by atoms with Crippen molar-refractivity contribution < 1.29 is 18.3 Å². The van der Waals surface area contributed by atoms with Gasteiger partial charge in [-0.2, -0.15) is 20.5 Å². The number of benzene rings is 1. The van der Waals surface area contributed by atoms with Gasteiger partial charge in [0.05, 0.1) is 6.04 Å². The van der Waals surface area contributed by atoms with E-state index in [9.17, 15) is 13.6 Å². The number of alkyl halides is 2. The predicted molar refractivity (Wildman–Crippen MR) is 94.3 cm³/mol. The number of halogens is 2. The lowest BCUT2D eigenvalue weighted by molar-refractivity contribution is -0.129. The number of hydrogen-bond donors (Lipinski definition) is 2. The minimum atomic E-state index is -2.85. The summed E-state index contributed by atoms with van der Waals surface area (Å²) in [5.74, 6) is 1.33. The van der Waals surface area contributed by atoms with Crippen LogP contribution in [0, 0.1) is 5.41 Å². The first-order chi connectivity index (χ1) is 11.3. The number of nitrogens with one attached hydrogen (secondary N) is 2. The first-order valence-electron chi connectivity index (χ1n) is 7.88. The van der Waals surface area contributed by atoms with Gasteiger partial charge in [0.1, 0.15) is 5.75 Å². The van der Waals surface area contributed by atoms with E-state index in [1.54, 1.807) is 25.2 Å². The van der Waals surface area contributed by atoms with Gasteiger partial charge in [-0.1, -0.05) is 39.0 Å². The second-order valence-corrected chi connectivity index (χ2v) is 7.08. The number of ether oxygens (including phenoxy) is 1. The fraction of sp³-hybridized carbons (Fsp3) is 0.588. The van der Waals surface area contributed by atoms with E-state index in [1.807, 2.05) is 20.8 Å². The van der Waals surface area contributed by atoms with E-state index in [0.29, 0.717) is 17.1 Å². The normalized spacial score (nSPS) is 13.1. The van der Waals surface area contributed by atoms with E-state index in [2.05, 4.69) is 15.6 Å². The Kier molecular flexibility index (Phi) is 8.66. The maximum atomic E-state index is 12.6. The lowest BCUT2D eigenvalue weighted by atomic mass is 9.82. The molecule has 1 atom stereocenters. The van der Waals surface area contributed by atoms with E-state index >= 15 is 0 Å². The van der Waals surface area contributed by atoms with E-state index in [1.165, 1.54) is 17.8 Å². The van der Waals surface area contributed by atoms with Gasteiger partial charge in [-0.15, -0.1) is 0 Å². The van der Waals surface area contributed by atoms with Crippen molar-refractivity contribution in [3.05, 3.63) is 29.8 Å². The van der Waals surface area contributed by atoms with Crippen LogP contribution in [0.5, 0.6) is 5.75 Å². The van der Waals surface area contributed by atoms with Gasteiger partial charge in [0.25, 0.3) is 0 Å². The molecule has 0 bridgehead atoms. The number of hydrazine groups is 1. The summed E-state index contributed by atoms with van der Waals surface area (Å²) in [4.78, 5) is 12.6. The van der Waals surface area contributed by atoms with E-state index < -0.39 is 12.0 Å². The molecule has 0 saturated heterocycles. The van der Waals surface area contributed by atoms with Gasteiger partial charge in [0.2, 0.25) is 0 Å². The molecule has 0 aromatic heterocycles. The van der Waals surface area contributed by atoms with E-state index in [-0.39, 0.29) is 17.6 Å². The van der Waals surface area contributed by atoms with Crippen molar-refractivity contribution in [1.82, 2.24) is 10.9 Å². The largest absolute Gasteiger partial charge is 0.435 e. The molecule has 136 valence electrons. The Bertz CT molecular complexity index is 527. The van der Waals surface area contributed by atoms with Gasteiger partial charge < -0.3 is 4.74 Å². The maximum absolute atomic E-state index is 12.6. The highest BCUT2D eigenvalue weighted by Crippen LogP contribution is 2.27. The average Bonchev–Trinajstić information content (AvgIpc) is 2.54. The molecule has 24 heavy (non-hydrogen) atoms. The predicted octanol–water partition coefficient (Wildman–Crippen LogP) is 3.62. The van der Waals surface area contributed by atoms with Crippen molar-refractivity contribution in [3.8, 4) is 5.75 Å². The van der Waals surface area contributed by atoms with Crippen LogP contribution in [0.4, 0.5) is 8.78 Å². The second-order valence-electron chi connectivity index (χ2n) is 6.05. The third kappa shape index (κ3) is 6.37. The standard InChI is InChI=1S/C17H26F2N2O2S/c1-5-17(2,3)15(22)13(21-20-4)11-24-10-12-8-6-7-9-14(12)23-16(18)19/h6-9,13,16,20-21H,5,10-11H2,1-4H3. The summed E-state index contributed by atoms with van der Waals surface area (Å²) in [5.41, 5.74) is 6.08. The summed E-state index contributed by atoms with van der Waals surface area (Å²) in [6.45, 7) is 2.99. The topological polar surface area (TPSA) is 50.4 Å². The molecule has 1 unspecified atom stereocenters. The minimum Gasteiger partial charge on any atom is -0.435 e. The van der Waals surface area contributed by atoms with Crippen LogP contribution < -0.4 is 15.6 Å². The first-order valence-corrected chi connectivity index (χ1v) is 9.04. The molecular formula is C17H26F2N2O2S. The number of thioether (sulfide) groups is 1. The molecule has 0 aliphatic heterocycles. The Morgan fingerprint density at radius 3 is 2.58 bits per heavy atom. The van der Waals surface area contributed by atoms with Crippen molar-refractivity contribution in [2.75, 3.05) is 12.8 Å². The summed E-state index contributed by atoms with van der Waals surface area (Å²) >= 11 is 1.50. The van der Waals surface area contributed by atoms with Gasteiger partial charge in [0.15, 0.2) is 5.78 Å². The van der Waals surface area contributed by atoms with Crippen molar-refractivity contribution in [3.63, 3.8) is 0 Å². The molecule has 0 aliphatic carbocycles. The number of rotatable bonds is 11. The van der Waals surface area contributed by atoms with Crippen LogP contribution in [0.15, 0.2) is 24.3 Å². The lowest BCUT2D eigenvalue weighted by Crippen LogP contribution is -2.49. The molecule has 0 amide bonds. The van der Waals surface area contributed by atoms with E-state index in [4.69, 9.17) is 0 Å². The molecule has 0 spiro atoms. The molecule has 0 fully saturated rings. The molecule has 1 rings (SSSR count). The van der Waals surface area contributed by atoms with Crippen molar-refractivity contribution >= 4 is 17.5 Å².